The van der Waals surface area contributed by atoms with Crippen LogP contribution in [0.4, 0.5) is 0 Å². The Labute approximate surface area is 77.9 Å². The van der Waals surface area contributed by atoms with E-state index >= 15 is 0 Å². The van der Waals surface area contributed by atoms with Crippen molar-refractivity contribution < 1.29 is 13.2 Å². The summed E-state index contributed by atoms with van der Waals surface area (Å²) in [6, 6.07) is -0.691. The molecule has 1 saturated heterocycles. The molecule has 0 aliphatic carbocycles. The fourth-order valence-electron chi connectivity index (χ4n) is 1.42. The van der Waals surface area contributed by atoms with Crippen molar-refractivity contribution in [1.82, 2.24) is 4.31 Å². The van der Waals surface area contributed by atoms with E-state index in [4.69, 9.17) is 5.73 Å². The lowest BCUT2D eigenvalue weighted by Crippen LogP contribution is -2.50. The van der Waals surface area contributed by atoms with Gasteiger partial charge in [-0.2, -0.15) is 4.31 Å². The highest BCUT2D eigenvalue weighted by molar-refractivity contribution is 7.88. The standard InChI is InChI=1S/C7H13N2O3S/c1-13(11,12)9-5-3-2-4-6(9)7(8)10/h2,6H,3-5H2,1H3,(H2,8,10). The zero-order valence-electron chi connectivity index (χ0n) is 7.43. The van der Waals surface area contributed by atoms with Crippen LogP contribution in [0.5, 0.6) is 0 Å². The SMILES string of the molecule is CS(=O)(=O)N1CC[CH]CC1C(N)=O. The number of hydrogen-bond donors (Lipinski definition) is 1. The van der Waals surface area contributed by atoms with Crippen molar-refractivity contribution in [2.75, 3.05) is 12.8 Å². The molecule has 2 N–H and O–H groups in total. The molecular weight excluding hydrogens is 192 g/mol. The molecule has 1 fully saturated rings. The molecule has 1 aliphatic heterocycles. The maximum Gasteiger partial charge on any atom is 0.235 e. The van der Waals surface area contributed by atoms with Gasteiger partial charge in [0.05, 0.1) is 6.26 Å². The normalized spacial score (nSPS) is 25.8. The predicted molar refractivity (Wildman–Crippen MR) is 48.1 cm³/mol. The molecule has 1 amide bonds. The minimum absolute atomic E-state index is 0.354. The first-order valence-corrected chi connectivity index (χ1v) is 5.85. The summed E-state index contributed by atoms with van der Waals surface area (Å²) in [6.07, 6.45) is 4.07. The lowest BCUT2D eigenvalue weighted by atomic mass is 10.0. The van der Waals surface area contributed by atoms with Gasteiger partial charge in [0.15, 0.2) is 0 Å². The lowest BCUT2D eigenvalue weighted by Gasteiger charge is -2.31. The minimum atomic E-state index is -3.31. The van der Waals surface area contributed by atoms with Gasteiger partial charge < -0.3 is 5.73 Å². The van der Waals surface area contributed by atoms with E-state index in [-0.39, 0.29) is 0 Å². The second-order valence-electron chi connectivity index (χ2n) is 3.10. The number of amides is 1. The van der Waals surface area contributed by atoms with Gasteiger partial charge in [-0.15, -0.1) is 0 Å². The van der Waals surface area contributed by atoms with Crippen LogP contribution in [0.1, 0.15) is 12.8 Å². The van der Waals surface area contributed by atoms with Gasteiger partial charge in [0.1, 0.15) is 6.04 Å². The summed E-state index contributed by atoms with van der Waals surface area (Å²) in [5.41, 5.74) is 5.09. The van der Waals surface area contributed by atoms with E-state index < -0.39 is 22.0 Å². The van der Waals surface area contributed by atoms with Crippen LogP contribution in [0.25, 0.3) is 0 Å². The van der Waals surface area contributed by atoms with Crippen LogP contribution < -0.4 is 5.73 Å². The number of carbonyl (C=O) groups is 1. The fraction of sp³-hybridized carbons (Fsp3) is 0.714. The van der Waals surface area contributed by atoms with Gasteiger partial charge >= 0.3 is 0 Å². The van der Waals surface area contributed by atoms with Gasteiger partial charge in [-0.3, -0.25) is 4.79 Å². The maximum absolute atomic E-state index is 11.2. The quantitative estimate of drug-likeness (QED) is 0.634. The molecular formula is C7H13N2O3S. The summed E-state index contributed by atoms with van der Waals surface area (Å²) in [7, 11) is -3.31. The Bertz CT molecular complexity index is 299. The van der Waals surface area contributed by atoms with Crippen LogP contribution in [0.15, 0.2) is 0 Å². The summed E-state index contributed by atoms with van der Waals surface area (Å²) in [5, 5.41) is 0. The van der Waals surface area contributed by atoms with Crippen molar-refractivity contribution in [2.24, 2.45) is 5.73 Å². The third-order valence-electron chi connectivity index (χ3n) is 2.05. The second kappa shape index (κ2) is 3.63. The molecule has 0 aromatic rings. The van der Waals surface area contributed by atoms with Gasteiger partial charge in [0, 0.05) is 6.54 Å². The molecule has 0 saturated carbocycles. The molecule has 1 aliphatic rings. The highest BCUT2D eigenvalue weighted by atomic mass is 32.2. The highest BCUT2D eigenvalue weighted by Gasteiger charge is 2.32. The van der Waals surface area contributed by atoms with Crippen molar-refractivity contribution in [2.45, 2.75) is 18.9 Å². The van der Waals surface area contributed by atoms with Gasteiger partial charge in [-0.05, 0) is 19.3 Å². The van der Waals surface area contributed by atoms with Gasteiger partial charge in [-0.1, -0.05) is 0 Å². The summed E-state index contributed by atoms with van der Waals surface area (Å²) >= 11 is 0. The lowest BCUT2D eigenvalue weighted by molar-refractivity contribution is -0.122. The zero-order chi connectivity index (χ0) is 10.1. The summed E-state index contributed by atoms with van der Waals surface area (Å²) in [4.78, 5) is 10.9. The number of sulfonamides is 1. The highest BCUT2D eigenvalue weighted by Crippen LogP contribution is 2.18. The molecule has 0 bridgehead atoms. The van der Waals surface area contributed by atoms with Crippen molar-refractivity contribution in [1.29, 1.82) is 0 Å². The molecule has 1 unspecified atom stereocenters. The average Bonchev–Trinajstić information content (AvgIpc) is 2.03. The number of piperidine rings is 1. The third kappa shape index (κ3) is 2.41. The van der Waals surface area contributed by atoms with Crippen LogP contribution in [0, 0.1) is 6.42 Å². The van der Waals surface area contributed by atoms with E-state index in [0.717, 1.165) is 10.6 Å². The molecule has 1 rings (SSSR count). The van der Waals surface area contributed by atoms with Gasteiger partial charge in [-0.25, -0.2) is 8.42 Å². The van der Waals surface area contributed by atoms with Gasteiger partial charge in [0.25, 0.3) is 0 Å². The van der Waals surface area contributed by atoms with Crippen LogP contribution in [0.2, 0.25) is 0 Å². The second-order valence-corrected chi connectivity index (χ2v) is 5.04. The van der Waals surface area contributed by atoms with Crippen LogP contribution >= 0.6 is 0 Å². The first kappa shape index (κ1) is 10.5. The number of hydrogen-bond acceptors (Lipinski definition) is 3. The third-order valence-corrected chi connectivity index (χ3v) is 3.33. The topological polar surface area (TPSA) is 80.5 Å². The van der Waals surface area contributed by atoms with Crippen molar-refractivity contribution in [3.8, 4) is 0 Å². The van der Waals surface area contributed by atoms with Crippen molar-refractivity contribution in [3.63, 3.8) is 0 Å². The Morgan fingerprint density at radius 2 is 2.23 bits per heavy atom. The molecule has 1 atom stereocenters. The molecule has 13 heavy (non-hydrogen) atoms. The van der Waals surface area contributed by atoms with Crippen LogP contribution in [-0.2, 0) is 14.8 Å². The molecule has 1 radical (unpaired) electrons. The Morgan fingerprint density at radius 3 is 2.62 bits per heavy atom. The monoisotopic (exact) mass is 205 g/mol. The van der Waals surface area contributed by atoms with Gasteiger partial charge in [0.2, 0.25) is 15.9 Å². The Hall–Kier alpha value is -0.620. The largest absolute Gasteiger partial charge is 0.368 e. The predicted octanol–water partition coefficient (Wildman–Crippen LogP) is -0.900. The van der Waals surface area contributed by atoms with E-state index in [9.17, 15) is 13.2 Å². The van der Waals surface area contributed by atoms with Crippen molar-refractivity contribution >= 4 is 15.9 Å². The molecule has 75 valence electrons. The van der Waals surface area contributed by atoms with E-state index in [1.54, 1.807) is 0 Å². The summed E-state index contributed by atoms with van der Waals surface area (Å²) in [5.74, 6) is -0.582. The smallest absolute Gasteiger partial charge is 0.235 e. The molecule has 6 heteroatoms. The van der Waals surface area contributed by atoms with Crippen LogP contribution in [0.3, 0.4) is 0 Å². The molecule has 0 aromatic heterocycles. The minimum Gasteiger partial charge on any atom is -0.368 e. The molecule has 0 aromatic carbocycles. The number of carbonyl (C=O) groups excluding carboxylic acids is 1. The number of primary amides is 1. The Kier molecular flexibility index (Phi) is 2.92. The van der Waals surface area contributed by atoms with E-state index in [0.29, 0.717) is 19.4 Å². The fourth-order valence-corrected chi connectivity index (χ4v) is 2.51. The van der Waals surface area contributed by atoms with E-state index in [1.807, 2.05) is 6.42 Å². The van der Waals surface area contributed by atoms with Crippen molar-refractivity contribution in [3.05, 3.63) is 6.42 Å². The number of nitrogens with zero attached hydrogens (tertiary/aromatic N) is 1. The van der Waals surface area contributed by atoms with Crippen LogP contribution in [-0.4, -0.2) is 37.5 Å². The summed E-state index contributed by atoms with van der Waals surface area (Å²) in [6.45, 7) is 0.354. The number of nitrogens with two attached hydrogens (primary N) is 1. The Morgan fingerprint density at radius 1 is 1.62 bits per heavy atom. The average molecular weight is 205 g/mol. The summed E-state index contributed by atoms with van der Waals surface area (Å²) < 4.78 is 23.6. The first-order valence-electron chi connectivity index (χ1n) is 4.00. The number of rotatable bonds is 2. The van der Waals surface area contributed by atoms with E-state index in [1.165, 1.54) is 0 Å². The molecule has 1 heterocycles. The Balaban J connectivity index is 2.86. The zero-order valence-corrected chi connectivity index (χ0v) is 8.25. The first-order chi connectivity index (χ1) is 5.93. The van der Waals surface area contributed by atoms with E-state index in [2.05, 4.69) is 0 Å². The maximum atomic E-state index is 11.2. The molecule has 5 nitrogen and oxygen atoms in total. The molecule has 0 spiro atoms.